The average molecular weight is 325 g/mol. The van der Waals surface area contributed by atoms with Gasteiger partial charge in [-0.05, 0) is 43.7 Å². The predicted octanol–water partition coefficient (Wildman–Crippen LogP) is 2.81. The lowest BCUT2D eigenvalue weighted by Crippen LogP contribution is -2.30. The van der Waals surface area contributed by atoms with Crippen molar-refractivity contribution in [1.82, 2.24) is 4.90 Å². The van der Waals surface area contributed by atoms with Crippen molar-refractivity contribution < 1.29 is 9.59 Å². The Morgan fingerprint density at radius 1 is 1.00 bits per heavy atom. The lowest BCUT2D eigenvalue weighted by Gasteiger charge is -2.18. The maximum atomic E-state index is 12.3. The molecule has 0 saturated heterocycles. The molecule has 0 radical (unpaired) electrons. The van der Waals surface area contributed by atoms with Crippen LogP contribution in [0.15, 0.2) is 54.6 Å². The molecule has 5 heteroatoms. The van der Waals surface area contributed by atoms with Gasteiger partial charge in [0.2, 0.25) is 5.91 Å². The van der Waals surface area contributed by atoms with Crippen molar-refractivity contribution >= 4 is 17.5 Å². The van der Waals surface area contributed by atoms with Crippen LogP contribution in [0.5, 0.6) is 0 Å². The van der Waals surface area contributed by atoms with Crippen molar-refractivity contribution in [3.8, 4) is 0 Å². The highest BCUT2D eigenvalue weighted by atomic mass is 16.2. The van der Waals surface area contributed by atoms with Crippen LogP contribution in [0.2, 0.25) is 0 Å². The molecule has 2 rings (SSSR count). The Morgan fingerprint density at radius 2 is 1.58 bits per heavy atom. The van der Waals surface area contributed by atoms with Gasteiger partial charge < -0.3 is 16.0 Å². The number of carbonyl (C=O) groups is 2. The Labute approximate surface area is 142 Å². The third kappa shape index (κ3) is 4.20. The zero-order valence-corrected chi connectivity index (χ0v) is 14.0. The Morgan fingerprint density at radius 3 is 2.12 bits per heavy atom. The third-order valence-corrected chi connectivity index (χ3v) is 3.89. The summed E-state index contributed by atoms with van der Waals surface area (Å²) in [5, 5.41) is 2.77. The zero-order valence-electron chi connectivity index (χ0n) is 14.0. The average Bonchev–Trinajstić information content (AvgIpc) is 2.63. The molecule has 0 aromatic heterocycles. The Bertz CT molecular complexity index is 680. The highest BCUT2D eigenvalue weighted by Gasteiger charge is 2.16. The van der Waals surface area contributed by atoms with Gasteiger partial charge in [-0.2, -0.15) is 0 Å². The normalized spacial score (nSPS) is 11.6. The first-order valence-electron chi connectivity index (χ1n) is 8.07. The molecule has 0 heterocycles. The van der Waals surface area contributed by atoms with E-state index in [0.29, 0.717) is 24.3 Å². The molecule has 0 spiro atoms. The molecule has 1 atom stereocenters. The molecule has 24 heavy (non-hydrogen) atoms. The number of benzene rings is 2. The summed E-state index contributed by atoms with van der Waals surface area (Å²) >= 11 is 0. The SMILES string of the molecule is CCN(CC)C(=O)c1ccc(NC(=O)C(N)c2ccccc2)cc1. The summed E-state index contributed by atoms with van der Waals surface area (Å²) in [6.45, 7) is 5.22. The van der Waals surface area contributed by atoms with Crippen LogP contribution in [0.3, 0.4) is 0 Å². The molecule has 0 aliphatic rings. The Balaban J connectivity index is 2.03. The van der Waals surface area contributed by atoms with Gasteiger partial charge in [-0.15, -0.1) is 0 Å². The van der Waals surface area contributed by atoms with Gasteiger partial charge in [0, 0.05) is 24.3 Å². The van der Waals surface area contributed by atoms with Gasteiger partial charge in [-0.3, -0.25) is 9.59 Å². The molecule has 3 N–H and O–H groups in total. The van der Waals surface area contributed by atoms with Gasteiger partial charge >= 0.3 is 0 Å². The molecule has 2 aromatic carbocycles. The van der Waals surface area contributed by atoms with Gasteiger partial charge in [0.15, 0.2) is 0 Å². The lowest BCUT2D eigenvalue weighted by molar-refractivity contribution is -0.117. The van der Waals surface area contributed by atoms with E-state index < -0.39 is 6.04 Å². The van der Waals surface area contributed by atoms with Gasteiger partial charge in [0.1, 0.15) is 6.04 Å². The van der Waals surface area contributed by atoms with Gasteiger partial charge in [-0.1, -0.05) is 30.3 Å². The van der Waals surface area contributed by atoms with Crippen LogP contribution in [-0.4, -0.2) is 29.8 Å². The van der Waals surface area contributed by atoms with E-state index in [-0.39, 0.29) is 11.8 Å². The highest BCUT2D eigenvalue weighted by molar-refractivity contribution is 5.97. The number of anilines is 1. The summed E-state index contributed by atoms with van der Waals surface area (Å²) in [5.74, 6) is -0.303. The predicted molar refractivity (Wildman–Crippen MR) is 95.7 cm³/mol. The topological polar surface area (TPSA) is 75.4 Å². The number of rotatable bonds is 6. The number of carbonyl (C=O) groups excluding carboxylic acids is 2. The van der Waals surface area contributed by atoms with Crippen LogP contribution in [0, 0.1) is 0 Å². The second-order valence-corrected chi connectivity index (χ2v) is 5.43. The van der Waals surface area contributed by atoms with E-state index in [1.165, 1.54) is 0 Å². The van der Waals surface area contributed by atoms with Crippen LogP contribution in [0.1, 0.15) is 35.8 Å². The maximum absolute atomic E-state index is 12.3. The van der Waals surface area contributed by atoms with Crippen molar-refractivity contribution in [2.24, 2.45) is 5.73 Å². The second-order valence-electron chi connectivity index (χ2n) is 5.43. The van der Waals surface area contributed by atoms with E-state index in [4.69, 9.17) is 5.73 Å². The second kappa shape index (κ2) is 8.26. The number of hydrogen-bond acceptors (Lipinski definition) is 3. The van der Waals surface area contributed by atoms with Crippen LogP contribution in [-0.2, 0) is 4.79 Å². The molecule has 0 saturated carbocycles. The number of hydrogen-bond donors (Lipinski definition) is 2. The Kier molecular flexibility index (Phi) is 6.09. The monoisotopic (exact) mass is 325 g/mol. The quantitative estimate of drug-likeness (QED) is 0.857. The molecule has 2 amide bonds. The minimum atomic E-state index is -0.733. The van der Waals surface area contributed by atoms with E-state index in [9.17, 15) is 9.59 Å². The maximum Gasteiger partial charge on any atom is 0.253 e. The minimum absolute atomic E-state index is 0.0149. The molecule has 5 nitrogen and oxygen atoms in total. The lowest BCUT2D eigenvalue weighted by atomic mass is 10.1. The fraction of sp³-hybridized carbons (Fsp3) is 0.263. The molecule has 0 bridgehead atoms. The van der Waals surface area contributed by atoms with E-state index in [1.807, 2.05) is 44.2 Å². The minimum Gasteiger partial charge on any atom is -0.339 e. The molecular weight excluding hydrogens is 302 g/mol. The largest absolute Gasteiger partial charge is 0.339 e. The summed E-state index contributed by atoms with van der Waals surface area (Å²) in [6.07, 6.45) is 0. The van der Waals surface area contributed by atoms with E-state index in [0.717, 1.165) is 5.56 Å². The summed E-state index contributed by atoms with van der Waals surface area (Å²) in [5.41, 5.74) is 7.93. The number of amides is 2. The van der Waals surface area contributed by atoms with Crippen LogP contribution in [0.4, 0.5) is 5.69 Å². The van der Waals surface area contributed by atoms with Crippen LogP contribution in [0.25, 0.3) is 0 Å². The summed E-state index contributed by atoms with van der Waals surface area (Å²) in [4.78, 5) is 26.2. The fourth-order valence-electron chi connectivity index (χ4n) is 2.42. The molecule has 0 aliphatic carbocycles. The molecule has 0 fully saturated rings. The smallest absolute Gasteiger partial charge is 0.253 e. The Hall–Kier alpha value is -2.66. The first kappa shape index (κ1) is 17.7. The third-order valence-electron chi connectivity index (χ3n) is 3.89. The first-order valence-corrected chi connectivity index (χ1v) is 8.07. The van der Waals surface area contributed by atoms with Crippen LogP contribution < -0.4 is 11.1 Å². The van der Waals surface area contributed by atoms with Gasteiger partial charge in [-0.25, -0.2) is 0 Å². The summed E-state index contributed by atoms with van der Waals surface area (Å²) < 4.78 is 0. The van der Waals surface area contributed by atoms with E-state index >= 15 is 0 Å². The van der Waals surface area contributed by atoms with Gasteiger partial charge in [0.05, 0.1) is 0 Å². The van der Waals surface area contributed by atoms with E-state index in [1.54, 1.807) is 29.2 Å². The zero-order chi connectivity index (χ0) is 17.5. The molecule has 2 aromatic rings. The van der Waals surface area contributed by atoms with Gasteiger partial charge in [0.25, 0.3) is 5.91 Å². The fourth-order valence-corrected chi connectivity index (χ4v) is 2.42. The number of nitrogens with one attached hydrogen (secondary N) is 1. The van der Waals surface area contributed by atoms with Crippen molar-refractivity contribution in [3.05, 3.63) is 65.7 Å². The van der Waals surface area contributed by atoms with Crippen LogP contribution >= 0.6 is 0 Å². The molecule has 1 unspecified atom stereocenters. The van der Waals surface area contributed by atoms with E-state index in [2.05, 4.69) is 5.32 Å². The number of nitrogens with two attached hydrogens (primary N) is 1. The molecule has 126 valence electrons. The first-order chi connectivity index (χ1) is 11.6. The van der Waals surface area contributed by atoms with Crippen molar-refractivity contribution in [2.75, 3.05) is 18.4 Å². The van der Waals surface area contributed by atoms with Crippen molar-refractivity contribution in [2.45, 2.75) is 19.9 Å². The summed E-state index contributed by atoms with van der Waals surface area (Å²) in [7, 11) is 0. The van der Waals surface area contributed by atoms with Crippen molar-refractivity contribution in [1.29, 1.82) is 0 Å². The standard InChI is InChI=1S/C19H23N3O2/c1-3-22(4-2)19(24)15-10-12-16(13-11-15)21-18(23)17(20)14-8-6-5-7-9-14/h5-13,17H,3-4,20H2,1-2H3,(H,21,23). The highest BCUT2D eigenvalue weighted by Crippen LogP contribution is 2.15. The summed E-state index contributed by atoms with van der Waals surface area (Å²) in [6, 6.07) is 15.3. The number of nitrogens with zero attached hydrogens (tertiary/aromatic N) is 1. The molecule has 0 aliphatic heterocycles. The van der Waals surface area contributed by atoms with Crippen molar-refractivity contribution in [3.63, 3.8) is 0 Å². The molecular formula is C19H23N3O2.